The van der Waals surface area contributed by atoms with Crippen LogP contribution in [-0.4, -0.2) is 21.9 Å². The number of nitrogens with zero attached hydrogens (tertiary/aromatic N) is 1. The number of benzene rings is 2. The summed E-state index contributed by atoms with van der Waals surface area (Å²) < 4.78 is 0. The van der Waals surface area contributed by atoms with Crippen molar-refractivity contribution in [1.82, 2.24) is 4.98 Å². The molecule has 6 heteroatoms. The molecule has 0 fully saturated rings. The van der Waals surface area contributed by atoms with Gasteiger partial charge in [0.2, 0.25) is 5.91 Å². The van der Waals surface area contributed by atoms with Gasteiger partial charge in [-0.25, -0.2) is 4.98 Å². The van der Waals surface area contributed by atoms with E-state index in [1.54, 1.807) is 11.8 Å². The summed E-state index contributed by atoms with van der Waals surface area (Å²) in [5.41, 5.74) is 2.42. The largest absolute Gasteiger partial charge is 0.302 e. The fourth-order valence-electron chi connectivity index (χ4n) is 2.71. The average molecular weight is 411 g/mol. The van der Waals surface area contributed by atoms with Gasteiger partial charge < -0.3 is 5.32 Å². The standard InChI is InChI=1S/C22H22N2O2S2/c1-14(2)27-18-11-9-16(10-12-18)13-19(26)23-22-24-20(21(28-22)15(3)25)17-7-5-4-6-8-17/h4-12,14H,13H2,1-3H3,(H,23,24,26). The van der Waals surface area contributed by atoms with Crippen molar-refractivity contribution in [2.24, 2.45) is 0 Å². The van der Waals surface area contributed by atoms with Crippen LogP contribution in [0.15, 0.2) is 59.5 Å². The van der Waals surface area contributed by atoms with Gasteiger partial charge >= 0.3 is 0 Å². The molecule has 28 heavy (non-hydrogen) atoms. The van der Waals surface area contributed by atoms with E-state index in [4.69, 9.17) is 0 Å². The Hall–Kier alpha value is -2.44. The second-order valence-corrected chi connectivity index (χ2v) is 9.30. The number of hydrogen-bond acceptors (Lipinski definition) is 5. The number of thiazole rings is 1. The lowest BCUT2D eigenvalue weighted by Crippen LogP contribution is -2.14. The van der Waals surface area contributed by atoms with Gasteiger partial charge in [0.1, 0.15) is 0 Å². The number of hydrogen-bond donors (Lipinski definition) is 1. The topological polar surface area (TPSA) is 59.1 Å². The number of carbonyl (C=O) groups is 2. The summed E-state index contributed by atoms with van der Waals surface area (Å²) >= 11 is 3.01. The minimum atomic E-state index is -0.146. The van der Waals surface area contributed by atoms with E-state index in [2.05, 4.69) is 24.1 Å². The van der Waals surface area contributed by atoms with E-state index in [0.717, 1.165) is 11.1 Å². The van der Waals surface area contributed by atoms with Crippen LogP contribution in [0.2, 0.25) is 0 Å². The second kappa shape index (κ2) is 9.17. The van der Waals surface area contributed by atoms with E-state index in [-0.39, 0.29) is 18.1 Å². The van der Waals surface area contributed by atoms with Crippen molar-refractivity contribution in [1.29, 1.82) is 0 Å². The van der Waals surface area contributed by atoms with Crippen LogP contribution in [0, 0.1) is 0 Å². The van der Waals surface area contributed by atoms with Gasteiger partial charge in [-0.3, -0.25) is 9.59 Å². The Morgan fingerprint density at radius 3 is 2.36 bits per heavy atom. The highest BCUT2D eigenvalue weighted by Gasteiger charge is 2.18. The van der Waals surface area contributed by atoms with Gasteiger partial charge in [0.25, 0.3) is 0 Å². The summed E-state index contributed by atoms with van der Waals surface area (Å²) in [4.78, 5) is 30.7. The van der Waals surface area contributed by atoms with Crippen LogP contribution in [0.1, 0.15) is 36.0 Å². The minimum Gasteiger partial charge on any atom is -0.302 e. The third-order valence-electron chi connectivity index (χ3n) is 3.90. The molecule has 0 radical (unpaired) electrons. The predicted octanol–water partition coefficient (Wildman–Crippen LogP) is 5.69. The first-order chi connectivity index (χ1) is 13.4. The first-order valence-corrected chi connectivity index (χ1v) is 10.7. The number of nitrogens with one attached hydrogen (secondary N) is 1. The van der Waals surface area contributed by atoms with Crippen LogP contribution < -0.4 is 5.32 Å². The smallest absolute Gasteiger partial charge is 0.230 e. The Morgan fingerprint density at radius 2 is 1.75 bits per heavy atom. The minimum absolute atomic E-state index is 0.0601. The summed E-state index contributed by atoms with van der Waals surface area (Å²) in [6.45, 7) is 5.82. The average Bonchev–Trinajstić information content (AvgIpc) is 3.07. The molecule has 1 aromatic heterocycles. The lowest BCUT2D eigenvalue weighted by Gasteiger charge is -2.06. The molecule has 0 saturated heterocycles. The van der Waals surface area contributed by atoms with Crippen molar-refractivity contribution in [2.75, 3.05) is 5.32 Å². The Labute approximate surface area is 173 Å². The number of anilines is 1. The highest BCUT2D eigenvalue weighted by atomic mass is 32.2. The van der Waals surface area contributed by atoms with Gasteiger partial charge in [-0.1, -0.05) is 67.6 Å². The van der Waals surface area contributed by atoms with E-state index in [1.807, 2.05) is 54.6 Å². The van der Waals surface area contributed by atoms with E-state index >= 15 is 0 Å². The maximum Gasteiger partial charge on any atom is 0.230 e. The Balaban J connectivity index is 1.71. The molecule has 0 aliphatic rings. The fraction of sp³-hybridized carbons (Fsp3) is 0.227. The third kappa shape index (κ3) is 5.30. The first kappa shape index (κ1) is 20.3. The third-order valence-corrected chi connectivity index (χ3v) is 5.99. The summed E-state index contributed by atoms with van der Waals surface area (Å²) in [5.74, 6) is -0.206. The maximum atomic E-state index is 12.4. The summed E-state index contributed by atoms with van der Waals surface area (Å²) in [6, 6.07) is 17.6. The zero-order valence-electron chi connectivity index (χ0n) is 16.1. The van der Waals surface area contributed by atoms with E-state index in [9.17, 15) is 9.59 Å². The van der Waals surface area contributed by atoms with Crippen molar-refractivity contribution in [3.8, 4) is 11.3 Å². The van der Waals surface area contributed by atoms with Gasteiger partial charge in [-0.2, -0.15) is 0 Å². The summed E-state index contributed by atoms with van der Waals surface area (Å²) in [7, 11) is 0. The van der Waals surface area contributed by atoms with Gasteiger partial charge in [0.15, 0.2) is 10.9 Å². The maximum absolute atomic E-state index is 12.4. The molecule has 3 aromatic rings. The van der Waals surface area contributed by atoms with Crippen molar-refractivity contribution in [3.05, 3.63) is 65.0 Å². The molecule has 0 aliphatic heterocycles. The molecule has 1 N–H and O–H groups in total. The van der Waals surface area contributed by atoms with E-state index in [1.165, 1.54) is 23.2 Å². The molecule has 1 heterocycles. The summed E-state index contributed by atoms with van der Waals surface area (Å²) in [6.07, 6.45) is 0.266. The van der Waals surface area contributed by atoms with E-state index in [0.29, 0.717) is 21.0 Å². The van der Waals surface area contributed by atoms with Gasteiger partial charge in [0, 0.05) is 22.6 Å². The van der Waals surface area contributed by atoms with Crippen LogP contribution in [0.25, 0.3) is 11.3 Å². The molecular weight excluding hydrogens is 388 g/mol. The van der Waals surface area contributed by atoms with Crippen molar-refractivity contribution < 1.29 is 9.59 Å². The molecule has 0 saturated carbocycles. The van der Waals surface area contributed by atoms with Crippen molar-refractivity contribution in [3.63, 3.8) is 0 Å². The molecule has 0 bridgehead atoms. The molecule has 0 unspecified atom stereocenters. The number of carbonyl (C=O) groups excluding carboxylic acids is 2. The quantitative estimate of drug-likeness (QED) is 0.401. The zero-order chi connectivity index (χ0) is 20.1. The molecule has 3 rings (SSSR count). The number of amides is 1. The molecule has 1 amide bonds. The van der Waals surface area contributed by atoms with Crippen LogP contribution in [0.4, 0.5) is 5.13 Å². The van der Waals surface area contributed by atoms with Gasteiger partial charge in [0.05, 0.1) is 17.0 Å². The number of rotatable bonds is 7. The Morgan fingerprint density at radius 1 is 1.07 bits per heavy atom. The van der Waals surface area contributed by atoms with E-state index < -0.39 is 0 Å². The highest BCUT2D eigenvalue weighted by molar-refractivity contribution is 7.99. The zero-order valence-corrected chi connectivity index (χ0v) is 17.7. The lowest BCUT2D eigenvalue weighted by atomic mass is 10.1. The molecule has 144 valence electrons. The van der Waals surface area contributed by atoms with Crippen LogP contribution >= 0.6 is 23.1 Å². The van der Waals surface area contributed by atoms with Crippen molar-refractivity contribution in [2.45, 2.75) is 37.3 Å². The van der Waals surface area contributed by atoms with Crippen LogP contribution in [0.5, 0.6) is 0 Å². The highest BCUT2D eigenvalue weighted by Crippen LogP contribution is 2.31. The van der Waals surface area contributed by atoms with Gasteiger partial charge in [-0.05, 0) is 17.7 Å². The monoisotopic (exact) mass is 410 g/mol. The normalized spacial score (nSPS) is 10.9. The second-order valence-electron chi connectivity index (χ2n) is 6.65. The van der Waals surface area contributed by atoms with Gasteiger partial charge in [-0.15, -0.1) is 11.8 Å². The van der Waals surface area contributed by atoms with Crippen molar-refractivity contribution >= 4 is 39.9 Å². The van der Waals surface area contributed by atoms with Crippen LogP contribution in [0.3, 0.4) is 0 Å². The van der Waals surface area contributed by atoms with Crippen LogP contribution in [-0.2, 0) is 11.2 Å². The molecule has 2 aromatic carbocycles. The fourth-order valence-corrected chi connectivity index (χ4v) is 4.45. The molecule has 4 nitrogen and oxygen atoms in total. The SMILES string of the molecule is CC(=O)c1sc(NC(=O)Cc2ccc(SC(C)C)cc2)nc1-c1ccccc1. The number of Topliss-reactive ketones (excluding diaryl/α,β-unsaturated/α-hetero) is 1. The summed E-state index contributed by atoms with van der Waals surface area (Å²) in [5, 5.41) is 3.80. The lowest BCUT2D eigenvalue weighted by molar-refractivity contribution is -0.115. The number of thioether (sulfide) groups is 1. The molecule has 0 atom stereocenters. The predicted molar refractivity (Wildman–Crippen MR) is 117 cm³/mol. The molecule has 0 spiro atoms. The Bertz CT molecular complexity index is 964. The number of ketones is 1. The first-order valence-electron chi connectivity index (χ1n) is 9.05. The molecule has 0 aliphatic carbocycles. The Kier molecular flexibility index (Phi) is 6.65. The number of aromatic nitrogens is 1. The molecular formula is C22H22N2O2S2.